The van der Waals surface area contributed by atoms with Gasteiger partial charge in [0, 0.05) is 18.4 Å². The largest absolute Gasteiger partial charge is 0.218 e. The Kier molecular flexibility index (Phi) is 4.61. The predicted octanol–water partition coefficient (Wildman–Crippen LogP) is 3.75. The maximum absolute atomic E-state index is 4.61. The van der Waals surface area contributed by atoms with Crippen LogP contribution < -0.4 is 0 Å². The van der Waals surface area contributed by atoms with Crippen molar-refractivity contribution in [1.82, 2.24) is 15.0 Å². The van der Waals surface area contributed by atoms with Crippen molar-refractivity contribution < 1.29 is 0 Å². The molecular weight excluding hydrogens is 234 g/mol. The van der Waals surface area contributed by atoms with Gasteiger partial charge in [0.05, 0.1) is 0 Å². The second-order valence-electron chi connectivity index (χ2n) is 4.81. The van der Waals surface area contributed by atoms with Gasteiger partial charge in [-0.3, -0.25) is 0 Å². The first-order valence-electron chi connectivity index (χ1n) is 7.04. The number of aryl methyl sites for hydroxylation is 3. The van der Waals surface area contributed by atoms with E-state index in [1.54, 1.807) is 0 Å². The first-order chi connectivity index (χ1) is 9.24. The molecule has 0 saturated heterocycles. The molecule has 0 aliphatic heterocycles. The topological polar surface area (TPSA) is 38.7 Å². The lowest BCUT2D eigenvalue weighted by atomic mass is 10.1. The summed E-state index contributed by atoms with van der Waals surface area (Å²) in [5.74, 6) is 2.65. The van der Waals surface area contributed by atoms with E-state index < -0.39 is 0 Å². The lowest BCUT2D eigenvalue weighted by molar-refractivity contribution is 0.758. The summed E-state index contributed by atoms with van der Waals surface area (Å²) in [6.45, 7) is 6.39. The Hall–Kier alpha value is -1.77. The molecule has 0 N–H and O–H groups in total. The van der Waals surface area contributed by atoms with E-state index in [0.29, 0.717) is 0 Å². The Morgan fingerprint density at radius 2 is 1.42 bits per heavy atom. The highest BCUT2D eigenvalue weighted by atomic mass is 15.0. The predicted molar refractivity (Wildman–Crippen MR) is 78.0 cm³/mol. The molecule has 0 unspecified atom stereocenters. The van der Waals surface area contributed by atoms with E-state index in [2.05, 4.69) is 47.9 Å². The fraction of sp³-hybridized carbons (Fsp3) is 0.438. The molecule has 2 rings (SSSR count). The van der Waals surface area contributed by atoms with Crippen molar-refractivity contribution in [3.63, 3.8) is 0 Å². The maximum atomic E-state index is 4.61. The lowest BCUT2D eigenvalue weighted by Gasteiger charge is -2.08. The van der Waals surface area contributed by atoms with Gasteiger partial charge in [0.2, 0.25) is 0 Å². The van der Waals surface area contributed by atoms with Crippen molar-refractivity contribution in [2.45, 2.75) is 46.5 Å². The average molecular weight is 255 g/mol. The molecule has 0 aliphatic carbocycles. The van der Waals surface area contributed by atoms with Crippen LogP contribution in [-0.2, 0) is 12.8 Å². The molecule has 3 nitrogen and oxygen atoms in total. The van der Waals surface area contributed by atoms with E-state index in [0.717, 1.165) is 48.7 Å². The first-order valence-corrected chi connectivity index (χ1v) is 7.04. The van der Waals surface area contributed by atoms with Gasteiger partial charge in [-0.25, -0.2) is 15.0 Å². The van der Waals surface area contributed by atoms with Gasteiger partial charge in [-0.15, -0.1) is 0 Å². The fourth-order valence-corrected chi connectivity index (χ4v) is 2.08. The van der Waals surface area contributed by atoms with Gasteiger partial charge in [-0.1, -0.05) is 38.1 Å². The van der Waals surface area contributed by atoms with Crippen LogP contribution in [0.1, 0.15) is 43.9 Å². The molecule has 1 heterocycles. The summed E-state index contributed by atoms with van der Waals surface area (Å²) in [6, 6.07) is 8.25. The zero-order valence-electron chi connectivity index (χ0n) is 12.0. The molecule has 1 aromatic carbocycles. The van der Waals surface area contributed by atoms with Crippen molar-refractivity contribution >= 4 is 0 Å². The van der Waals surface area contributed by atoms with Crippen molar-refractivity contribution in [1.29, 1.82) is 0 Å². The number of hydrogen-bond donors (Lipinski definition) is 0. The van der Waals surface area contributed by atoms with E-state index in [1.165, 1.54) is 5.56 Å². The van der Waals surface area contributed by atoms with Gasteiger partial charge >= 0.3 is 0 Å². The Morgan fingerprint density at radius 3 is 1.95 bits per heavy atom. The third-order valence-corrected chi connectivity index (χ3v) is 3.06. The normalized spacial score (nSPS) is 10.7. The van der Waals surface area contributed by atoms with E-state index in [9.17, 15) is 0 Å². The molecule has 3 heteroatoms. The van der Waals surface area contributed by atoms with Crippen LogP contribution in [0.25, 0.3) is 11.4 Å². The monoisotopic (exact) mass is 255 g/mol. The summed E-state index contributed by atoms with van der Waals surface area (Å²) in [6.07, 6.45) is 3.95. The van der Waals surface area contributed by atoms with Crippen LogP contribution in [0, 0.1) is 6.92 Å². The Balaban J connectivity index is 2.46. The highest BCUT2D eigenvalue weighted by Gasteiger charge is 2.09. The molecule has 2 aromatic rings. The fourth-order valence-electron chi connectivity index (χ4n) is 2.08. The van der Waals surface area contributed by atoms with E-state index in [1.807, 2.05) is 12.1 Å². The first kappa shape index (κ1) is 13.7. The number of nitrogens with zero attached hydrogens (tertiary/aromatic N) is 3. The van der Waals surface area contributed by atoms with Crippen molar-refractivity contribution in [3.05, 3.63) is 41.5 Å². The summed E-state index contributed by atoms with van der Waals surface area (Å²) in [5.41, 5.74) is 2.32. The molecule has 0 aliphatic rings. The van der Waals surface area contributed by atoms with Crippen LogP contribution in [-0.4, -0.2) is 15.0 Å². The summed E-state index contributed by atoms with van der Waals surface area (Å²) in [4.78, 5) is 13.8. The molecule has 100 valence electrons. The lowest BCUT2D eigenvalue weighted by Crippen LogP contribution is -2.06. The van der Waals surface area contributed by atoms with Crippen LogP contribution in [0.15, 0.2) is 24.3 Å². The van der Waals surface area contributed by atoms with Gasteiger partial charge in [-0.2, -0.15) is 0 Å². The van der Waals surface area contributed by atoms with Crippen LogP contribution in [0.4, 0.5) is 0 Å². The van der Waals surface area contributed by atoms with Crippen molar-refractivity contribution in [2.75, 3.05) is 0 Å². The Labute approximate surface area is 115 Å². The minimum atomic E-state index is 0.819. The molecule has 1 aromatic heterocycles. The SMILES string of the molecule is CCCc1nc(CCC)nc(-c2ccccc2C)n1. The van der Waals surface area contributed by atoms with Gasteiger partial charge in [0.1, 0.15) is 11.6 Å². The molecular formula is C16H21N3. The van der Waals surface area contributed by atoms with Crippen LogP contribution in [0.3, 0.4) is 0 Å². The Morgan fingerprint density at radius 1 is 0.842 bits per heavy atom. The van der Waals surface area contributed by atoms with Crippen LogP contribution in [0.5, 0.6) is 0 Å². The minimum Gasteiger partial charge on any atom is -0.218 e. The summed E-state index contributed by atoms with van der Waals surface area (Å²) in [5, 5.41) is 0. The van der Waals surface area contributed by atoms with Crippen LogP contribution in [0.2, 0.25) is 0 Å². The van der Waals surface area contributed by atoms with E-state index in [-0.39, 0.29) is 0 Å². The molecule has 0 atom stereocenters. The molecule has 19 heavy (non-hydrogen) atoms. The number of rotatable bonds is 5. The number of benzene rings is 1. The third-order valence-electron chi connectivity index (χ3n) is 3.06. The summed E-state index contributed by atoms with van der Waals surface area (Å²) < 4.78 is 0. The minimum absolute atomic E-state index is 0.819. The maximum Gasteiger partial charge on any atom is 0.163 e. The Bertz CT molecular complexity index is 525. The smallest absolute Gasteiger partial charge is 0.163 e. The highest BCUT2D eigenvalue weighted by molar-refractivity contribution is 5.59. The zero-order valence-corrected chi connectivity index (χ0v) is 12.0. The molecule has 0 spiro atoms. The summed E-state index contributed by atoms with van der Waals surface area (Å²) in [7, 11) is 0. The van der Waals surface area contributed by atoms with E-state index >= 15 is 0 Å². The van der Waals surface area contributed by atoms with Crippen LogP contribution >= 0.6 is 0 Å². The number of hydrogen-bond acceptors (Lipinski definition) is 3. The van der Waals surface area contributed by atoms with Gasteiger partial charge in [0.15, 0.2) is 5.82 Å². The molecule has 0 fully saturated rings. The van der Waals surface area contributed by atoms with Gasteiger partial charge in [0.25, 0.3) is 0 Å². The van der Waals surface area contributed by atoms with Crippen molar-refractivity contribution in [2.24, 2.45) is 0 Å². The second-order valence-corrected chi connectivity index (χ2v) is 4.81. The second kappa shape index (κ2) is 6.41. The standard InChI is InChI=1S/C16H21N3/c1-4-8-14-17-15(9-5-2)19-16(18-14)13-11-7-6-10-12(13)3/h6-7,10-11H,4-5,8-9H2,1-3H3. The molecule has 0 bridgehead atoms. The molecule has 0 saturated carbocycles. The number of aromatic nitrogens is 3. The summed E-state index contributed by atoms with van der Waals surface area (Å²) >= 11 is 0. The quantitative estimate of drug-likeness (QED) is 0.816. The molecule has 0 radical (unpaired) electrons. The third kappa shape index (κ3) is 3.37. The van der Waals surface area contributed by atoms with Gasteiger partial charge < -0.3 is 0 Å². The zero-order chi connectivity index (χ0) is 13.7. The molecule has 0 amide bonds. The van der Waals surface area contributed by atoms with E-state index in [4.69, 9.17) is 0 Å². The van der Waals surface area contributed by atoms with Crippen molar-refractivity contribution in [3.8, 4) is 11.4 Å². The highest BCUT2D eigenvalue weighted by Crippen LogP contribution is 2.19. The average Bonchev–Trinajstić information content (AvgIpc) is 2.40. The van der Waals surface area contributed by atoms with Gasteiger partial charge in [-0.05, 0) is 25.3 Å².